The van der Waals surface area contributed by atoms with Crippen molar-refractivity contribution in [2.75, 3.05) is 0 Å². The molecule has 0 fully saturated rings. The van der Waals surface area contributed by atoms with Crippen molar-refractivity contribution in [2.24, 2.45) is 0 Å². The van der Waals surface area contributed by atoms with E-state index < -0.39 is 18.2 Å². The first-order chi connectivity index (χ1) is 11.6. The number of carbonyl (C=O) groups is 1. The van der Waals surface area contributed by atoms with Crippen molar-refractivity contribution >= 4 is 5.97 Å². The normalized spacial score (nSPS) is 15.5. The summed E-state index contributed by atoms with van der Waals surface area (Å²) in [4.78, 5) is 10.3. The van der Waals surface area contributed by atoms with Crippen LogP contribution in [0.15, 0.2) is 60.8 Å². The number of aliphatic hydroxyl groups is 2. The van der Waals surface area contributed by atoms with Crippen molar-refractivity contribution < 1.29 is 20.1 Å². The molecule has 0 heterocycles. The Kier molecular flexibility index (Phi) is 14.7. The third-order valence-electron chi connectivity index (χ3n) is 3.16. The lowest BCUT2D eigenvalue weighted by Gasteiger charge is -1.99. The summed E-state index contributed by atoms with van der Waals surface area (Å²) >= 11 is 0. The minimum atomic E-state index is -0.753. The van der Waals surface area contributed by atoms with Crippen LogP contribution in [0.5, 0.6) is 0 Å². The van der Waals surface area contributed by atoms with Crippen LogP contribution in [0.4, 0.5) is 0 Å². The lowest BCUT2D eigenvalue weighted by Crippen LogP contribution is -1.99. The zero-order valence-corrected chi connectivity index (χ0v) is 14.4. The Balaban J connectivity index is 3.77. The molecule has 0 aliphatic heterocycles. The predicted octanol–water partition coefficient (Wildman–Crippen LogP) is 3.93. The van der Waals surface area contributed by atoms with Crippen LogP contribution >= 0.6 is 0 Å². The standard InChI is InChI=1S/C20H30O4/c1-2-18(21)14-11-9-12-16-19(22)15-10-7-5-3-4-6-8-13-17-20(23)24/h4-7,9-12,14-15,18-19,21-22H,2-3,8,13,16-17H2,1H3,(H,23,24)/b6-4-,7-5-,12-9-,14-11+,15-10+. The second-order valence-corrected chi connectivity index (χ2v) is 5.40. The molecule has 2 atom stereocenters. The smallest absolute Gasteiger partial charge is 0.303 e. The number of allylic oxidation sites excluding steroid dienone is 7. The lowest BCUT2D eigenvalue weighted by molar-refractivity contribution is -0.137. The van der Waals surface area contributed by atoms with E-state index in [4.69, 9.17) is 5.11 Å². The van der Waals surface area contributed by atoms with Gasteiger partial charge in [0.2, 0.25) is 0 Å². The molecule has 0 spiro atoms. The molecule has 4 heteroatoms. The van der Waals surface area contributed by atoms with Gasteiger partial charge in [0.15, 0.2) is 0 Å². The van der Waals surface area contributed by atoms with Gasteiger partial charge in [-0.15, -0.1) is 0 Å². The molecule has 4 nitrogen and oxygen atoms in total. The fraction of sp³-hybridized carbons (Fsp3) is 0.450. The number of hydrogen-bond acceptors (Lipinski definition) is 3. The molecule has 0 aliphatic carbocycles. The van der Waals surface area contributed by atoms with Gasteiger partial charge in [0, 0.05) is 6.42 Å². The van der Waals surface area contributed by atoms with E-state index in [2.05, 4.69) is 0 Å². The van der Waals surface area contributed by atoms with Gasteiger partial charge in [-0.3, -0.25) is 4.79 Å². The van der Waals surface area contributed by atoms with Gasteiger partial charge in [0.05, 0.1) is 12.2 Å². The van der Waals surface area contributed by atoms with Crippen LogP contribution in [0.1, 0.15) is 45.4 Å². The van der Waals surface area contributed by atoms with Gasteiger partial charge < -0.3 is 15.3 Å². The van der Waals surface area contributed by atoms with Gasteiger partial charge in [-0.25, -0.2) is 0 Å². The van der Waals surface area contributed by atoms with Crippen molar-refractivity contribution in [2.45, 2.75) is 57.7 Å². The summed E-state index contributed by atoms with van der Waals surface area (Å²) in [5, 5.41) is 27.5. The number of rotatable bonds is 13. The average molecular weight is 334 g/mol. The molecule has 0 aromatic carbocycles. The fourth-order valence-corrected chi connectivity index (χ4v) is 1.72. The number of hydrogen-bond donors (Lipinski definition) is 3. The minimum Gasteiger partial charge on any atom is -0.481 e. The lowest BCUT2D eigenvalue weighted by atomic mass is 10.2. The zero-order chi connectivity index (χ0) is 18.0. The minimum absolute atomic E-state index is 0.213. The molecule has 0 aromatic heterocycles. The monoisotopic (exact) mass is 334 g/mol. The molecule has 0 aliphatic rings. The summed E-state index contributed by atoms with van der Waals surface area (Å²) in [5.74, 6) is -0.753. The molecule has 0 aromatic rings. The summed E-state index contributed by atoms with van der Waals surface area (Å²) in [6.07, 6.45) is 21.3. The molecule has 134 valence electrons. The molecule has 0 saturated carbocycles. The highest BCUT2D eigenvalue weighted by Gasteiger charge is 1.94. The van der Waals surface area contributed by atoms with Crippen LogP contribution in [-0.2, 0) is 4.79 Å². The van der Waals surface area contributed by atoms with Gasteiger partial charge in [-0.2, -0.15) is 0 Å². The summed E-state index contributed by atoms with van der Waals surface area (Å²) in [6.45, 7) is 1.91. The Morgan fingerprint density at radius 3 is 2.25 bits per heavy atom. The molecule has 3 N–H and O–H groups in total. The summed E-state index contributed by atoms with van der Waals surface area (Å²) < 4.78 is 0. The van der Waals surface area contributed by atoms with Crippen molar-refractivity contribution in [1.82, 2.24) is 0 Å². The zero-order valence-electron chi connectivity index (χ0n) is 14.4. The number of aliphatic hydroxyl groups excluding tert-OH is 2. The van der Waals surface area contributed by atoms with Crippen LogP contribution in [-0.4, -0.2) is 33.5 Å². The molecule has 0 saturated heterocycles. The quantitative estimate of drug-likeness (QED) is 0.271. The third-order valence-corrected chi connectivity index (χ3v) is 3.16. The van der Waals surface area contributed by atoms with E-state index in [-0.39, 0.29) is 6.42 Å². The van der Waals surface area contributed by atoms with Gasteiger partial charge in [-0.05, 0) is 32.1 Å². The maximum atomic E-state index is 10.3. The number of carboxylic acids is 1. The molecular weight excluding hydrogens is 304 g/mol. The molecule has 2 unspecified atom stereocenters. The summed E-state index contributed by atoms with van der Waals surface area (Å²) in [5.41, 5.74) is 0. The van der Waals surface area contributed by atoms with Gasteiger partial charge >= 0.3 is 5.97 Å². The maximum Gasteiger partial charge on any atom is 0.303 e. The molecule has 0 amide bonds. The van der Waals surface area contributed by atoms with Crippen molar-refractivity contribution in [3.05, 3.63) is 60.8 Å². The maximum absolute atomic E-state index is 10.3. The van der Waals surface area contributed by atoms with Crippen LogP contribution in [0, 0.1) is 0 Å². The molecule has 24 heavy (non-hydrogen) atoms. The van der Waals surface area contributed by atoms with E-state index in [1.807, 2.05) is 49.5 Å². The highest BCUT2D eigenvalue weighted by molar-refractivity contribution is 5.66. The van der Waals surface area contributed by atoms with Crippen molar-refractivity contribution in [1.29, 1.82) is 0 Å². The van der Waals surface area contributed by atoms with Crippen LogP contribution in [0.3, 0.4) is 0 Å². The van der Waals surface area contributed by atoms with Gasteiger partial charge in [0.1, 0.15) is 0 Å². The topological polar surface area (TPSA) is 77.8 Å². The number of carboxylic acid groups (broad SMARTS) is 1. The van der Waals surface area contributed by atoms with Crippen molar-refractivity contribution in [3.63, 3.8) is 0 Å². The highest BCUT2D eigenvalue weighted by atomic mass is 16.4. The Bertz CT molecular complexity index is 458. The first-order valence-electron chi connectivity index (χ1n) is 8.45. The first-order valence-corrected chi connectivity index (χ1v) is 8.45. The van der Waals surface area contributed by atoms with Crippen LogP contribution in [0.25, 0.3) is 0 Å². The van der Waals surface area contributed by atoms with E-state index >= 15 is 0 Å². The van der Waals surface area contributed by atoms with E-state index in [9.17, 15) is 15.0 Å². The van der Waals surface area contributed by atoms with Gasteiger partial charge in [-0.1, -0.05) is 67.7 Å². The van der Waals surface area contributed by atoms with E-state index in [1.165, 1.54) is 0 Å². The largest absolute Gasteiger partial charge is 0.481 e. The molecule has 0 bridgehead atoms. The first kappa shape index (κ1) is 22.1. The predicted molar refractivity (Wildman–Crippen MR) is 98.7 cm³/mol. The van der Waals surface area contributed by atoms with Crippen LogP contribution in [0.2, 0.25) is 0 Å². The summed E-state index contributed by atoms with van der Waals surface area (Å²) in [7, 11) is 0. The van der Waals surface area contributed by atoms with E-state index in [0.29, 0.717) is 19.3 Å². The van der Waals surface area contributed by atoms with E-state index in [0.717, 1.165) is 12.8 Å². The Labute approximate surface area is 145 Å². The Morgan fingerprint density at radius 2 is 1.58 bits per heavy atom. The number of unbranched alkanes of at least 4 members (excludes halogenated alkanes) is 1. The highest BCUT2D eigenvalue weighted by Crippen LogP contribution is 1.99. The summed E-state index contributed by atoms with van der Waals surface area (Å²) in [6, 6.07) is 0. The SMILES string of the molecule is CCC(O)/C=C/C=C\CC(O)/C=C/C=C\C/C=C\CCCC(=O)O. The number of aliphatic carboxylic acids is 1. The average Bonchev–Trinajstić information content (AvgIpc) is 2.55. The third kappa shape index (κ3) is 16.5. The fourth-order valence-electron chi connectivity index (χ4n) is 1.72. The Morgan fingerprint density at radius 1 is 0.917 bits per heavy atom. The molecular formula is C20H30O4. The van der Waals surface area contributed by atoms with E-state index in [1.54, 1.807) is 18.2 Å². The second kappa shape index (κ2) is 16.0. The molecule has 0 rings (SSSR count). The van der Waals surface area contributed by atoms with Crippen LogP contribution < -0.4 is 0 Å². The molecule has 0 radical (unpaired) electrons. The van der Waals surface area contributed by atoms with Crippen molar-refractivity contribution in [3.8, 4) is 0 Å². The van der Waals surface area contributed by atoms with Gasteiger partial charge in [0.25, 0.3) is 0 Å². The Hall–Kier alpha value is -1.91. The second-order valence-electron chi connectivity index (χ2n) is 5.40.